The van der Waals surface area contributed by atoms with Crippen LogP contribution < -0.4 is 16.0 Å². The van der Waals surface area contributed by atoms with Gasteiger partial charge in [-0.1, -0.05) is 89.2 Å². The minimum atomic E-state index is -1.02. The Labute approximate surface area is 256 Å². The largest absolute Gasteiger partial charge is 0.459 e. The van der Waals surface area contributed by atoms with Gasteiger partial charge in [0.2, 0.25) is 11.8 Å². The minimum absolute atomic E-state index is 0.0838. The Bertz CT molecular complexity index is 1230. The van der Waals surface area contributed by atoms with Crippen molar-refractivity contribution < 1.29 is 28.7 Å². The van der Waals surface area contributed by atoms with Crippen LogP contribution in [0.2, 0.25) is 0 Å². The lowest BCUT2D eigenvalue weighted by Gasteiger charge is -2.33. The van der Waals surface area contributed by atoms with Crippen LogP contribution in [-0.2, 0) is 36.9 Å². The molecule has 0 aromatic heterocycles. The zero-order chi connectivity index (χ0) is 32.4. The number of hydrogen-bond acceptors (Lipinski definition) is 6. The van der Waals surface area contributed by atoms with E-state index in [0.717, 1.165) is 16.7 Å². The Morgan fingerprint density at radius 2 is 1.37 bits per heavy atom. The van der Waals surface area contributed by atoms with Gasteiger partial charge in [0.15, 0.2) is 0 Å². The molecule has 3 N–H and O–H groups in total. The lowest BCUT2D eigenvalue weighted by atomic mass is 9.85. The van der Waals surface area contributed by atoms with E-state index in [0.29, 0.717) is 6.42 Å². The third kappa shape index (κ3) is 12.5. The summed E-state index contributed by atoms with van der Waals surface area (Å²) in [5.41, 5.74) is 1.18. The van der Waals surface area contributed by atoms with Crippen molar-refractivity contribution in [1.29, 1.82) is 0 Å². The quantitative estimate of drug-likeness (QED) is 0.289. The van der Waals surface area contributed by atoms with Crippen LogP contribution >= 0.6 is 0 Å². The highest BCUT2D eigenvalue weighted by Gasteiger charge is 2.37. The summed E-state index contributed by atoms with van der Waals surface area (Å²) in [6, 6.07) is 13.9. The molecule has 0 aliphatic heterocycles. The summed E-state index contributed by atoms with van der Waals surface area (Å²) in [5.74, 6) is -1.52. The average Bonchev–Trinajstić information content (AvgIpc) is 2.89. The molecular weight excluding hydrogens is 546 g/mol. The number of rotatable bonds is 12. The number of benzene rings is 2. The fourth-order valence-electron chi connectivity index (χ4n) is 4.41. The van der Waals surface area contributed by atoms with E-state index < -0.39 is 53.0 Å². The van der Waals surface area contributed by atoms with Gasteiger partial charge in [-0.15, -0.1) is 0 Å². The lowest BCUT2D eigenvalue weighted by Crippen LogP contribution is -2.60. The summed E-state index contributed by atoms with van der Waals surface area (Å²) >= 11 is 0. The molecule has 2 aromatic carbocycles. The Hall–Kier alpha value is -3.88. The van der Waals surface area contributed by atoms with Gasteiger partial charge in [-0.05, 0) is 62.1 Å². The number of nitrogens with one attached hydrogen (secondary N) is 3. The maximum Gasteiger partial charge on any atom is 0.408 e. The first-order valence-corrected chi connectivity index (χ1v) is 14.8. The molecule has 0 saturated heterocycles. The monoisotopic (exact) mass is 595 g/mol. The van der Waals surface area contributed by atoms with Crippen molar-refractivity contribution in [2.24, 2.45) is 11.3 Å². The van der Waals surface area contributed by atoms with E-state index in [1.807, 2.05) is 96.1 Å². The predicted octanol–water partition coefficient (Wildman–Crippen LogP) is 5.24. The first kappa shape index (κ1) is 35.3. The van der Waals surface area contributed by atoms with Crippen molar-refractivity contribution >= 4 is 23.9 Å². The Kier molecular flexibility index (Phi) is 12.8. The fourth-order valence-corrected chi connectivity index (χ4v) is 4.41. The van der Waals surface area contributed by atoms with Gasteiger partial charge in [0.1, 0.15) is 30.3 Å². The summed E-state index contributed by atoms with van der Waals surface area (Å²) in [4.78, 5) is 53.2. The van der Waals surface area contributed by atoms with E-state index in [-0.39, 0.29) is 18.9 Å². The number of carbonyl (C=O) groups excluding carboxylic acids is 4. The average molecular weight is 596 g/mol. The highest BCUT2D eigenvalue weighted by Crippen LogP contribution is 2.21. The van der Waals surface area contributed by atoms with Crippen molar-refractivity contribution in [3.63, 3.8) is 0 Å². The van der Waals surface area contributed by atoms with Gasteiger partial charge < -0.3 is 25.4 Å². The standard InChI is InChI=1S/C34H49N3O6/c1-22(2)19-27(31(40)42-21-24-16-11-10-12-17-24)35-30(39)28(33(4,5)6)37-29(38)26(36-32(41)43-34(7,8)9)20-25-18-14-13-15-23(25)3/h10-18,22,26-28H,19-21H2,1-9H3,(H,35,39)(H,36,41)(H,37,38). The van der Waals surface area contributed by atoms with Crippen LogP contribution in [0.1, 0.15) is 78.5 Å². The zero-order valence-corrected chi connectivity index (χ0v) is 27.1. The molecule has 0 bridgehead atoms. The van der Waals surface area contributed by atoms with Crippen molar-refractivity contribution in [1.82, 2.24) is 16.0 Å². The second-order valence-electron chi connectivity index (χ2n) is 13.4. The van der Waals surface area contributed by atoms with E-state index >= 15 is 0 Å². The second kappa shape index (κ2) is 15.5. The second-order valence-corrected chi connectivity index (χ2v) is 13.4. The van der Waals surface area contributed by atoms with Gasteiger partial charge in [0.25, 0.3) is 0 Å². The SMILES string of the molecule is Cc1ccccc1CC(NC(=O)OC(C)(C)C)C(=O)NC(C(=O)NC(CC(C)C)C(=O)OCc1ccccc1)C(C)(C)C. The summed E-state index contributed by atoms with van der Waals surface area (Å²) < 4.78 is 11.0. The molecular formula is C34H49N3O6. The molecule has 236 valence electrons. The third-order valence-electron chi connectivity index (χ3n) is 6.64. The van der Waals surface area contributed by atoms with Gasteiger partial charge in [-0.25, -0.2) is 9.59 Å². The van der Waals surface area contributed by atoms with Gasteiger partial charge in [0.05, 0.1) is 0 Å². The highest BCUT2D eigenvalue weighted by atomic mass is 16.6. The van der Waals surface area contributed by atoms with Crippen molar-refractivity contribution in [3.05, 3.63) is 71.3 Å². The third-order valence-corrected chi connectivity index (χ3v) is 6.64. The molecule has 2 rings (SSSR count). The summed E-state index contributed by atoms with van der Waals surface area (Å²) in [6.07, 6.45) is -0.186. The number of ether oxygens (including phenoxy) is 2. The molecule has 0 aliphatic rings. The molecule has 3 unspecified atom stereocenters. The molecule has 2 aromatic rings. The molecule has 0 spiro atoms. The highest BCUT2D eigenvalue weighted by molar-refractivity contribution is 5.93. The fraction of sp³-hybridized carbons (Fsp3) is 0.529. The van der Waals surface area contributed by atoms with E-state index in [4.69, 9.17) is 9.47 Å². The molecule has 9 heteroatoms. The van der Waals surface area contributed by atoms with Crippen LogP contribution in [0.25, 0.3) is 0 Å². The maximum atomic E-state index is 13.7. The number of alkyl carbamates (subject to hydrolysis) is 1. The number of amides is 3. The van der Waals surface area contributed by atoms with E-state index in [2.05, 4.69) is 16.0 Å². The van der Waals surface area contributed by atoms with Gasteiger partial charge in [0, 0.05) is 6.42 Å². The van der Waals surface area contributed by atoms with Gasteiger partial charge in [-0.2, -0.15) is 0 Å². The van der Waals surface area contributed by atoms with Crippen molar-refractivity contribution in [2.75, 3.05) is 0 Å². The summed E-state index contributed by atoms with van der Waals surface area (Å²) in [5, 5.41) is 8.36. The smallest absolute Gasteiger partial charge is 0.408 e. The van der Waals surface area contributed by atoms with Crippen LogP contribution in [0.5, 0.6) is 0 Å². The van der Waals surface area contributed by atoms with Crippen LogP contribution in [0.3, 0.4) is 0 Å². The number of hydrogen-bond donors (Lipinski definition) is 3. The maximum absolute atomic E-state index is 13.7. The molecule has 0 saturated carbocycles. The van der Waals surface area contributed by atoms with Crippen LogP contribution in [-0.4, -0.2) is 47.6 Å². The zero-order valence-electron chi connectivity index (χ0n) is 27.1. The lowest BCUT2D eigenvalue weighted by molar-refractivity contribution is -0.150. The minimum Gasteiger partial charge on any atom is -0.459 e. The van der Waals surface area contributed by atoms with Crippen molar-refractivity contribution in [2.45, 2.75) is 105 Å². The molecule has 0 aliphatic carbocycles. The normalized spacial score (nSPS) is 13.8. The summed E-state index contributed by atoms with van der Waals surface area (Å²) in [7, 11) is 0. The number of carbonyl (C=O) groups is 4. The topological polar surface area (TPSA) is 123 Å². The predicted molar refractivity (Wildman–Crippen MR) is 167 cm³/mol. The molecule has 0 heterocycles. The number of aryl methyl sites for hydroxylation is 1. The molecule has 9 nitrogen and oxygen atoms in total. The van der Waals surface area contributed by atoms with Crippen LogP contribution in [0.15, 0.2) is 54.6 Å². The molecule has 0 radical (unpaired) electrons. The Balaban J connectivity index is 2.26. The first-order chi connectivity index (χ1) is 20.0. The molecule has 0 fully saturated rings. The number of esters is 1. The van der Waals surface area contributed by atoms with E-state index in [1.165, 1.54) is 0 Å². The van der Waals surface area contributed by atoms with Gasteiger partial charge >= 0.3 is 12.1 Å². The van der Waals surface area contributed by atoms with Crippen LogP contribution in [0.4, 0.5) is 4.79 Å². The molecule has 43 heavy (non-hydrogen) atoms. The van der Waals surface area contributed by atoms with Gasteiger partial charge in [-0.3, -0.25) is 9.59 Å². The molecule has 3 amide bonds. The Morgan fingerprint density at radius 1 is 0.767 bits per heavy atom. The van der Waals surface area contributed by atoms with E-state index in [1.54, 1.807) is 20.8 Å². The van der Waals surface area contributed by atoms with Crippen molar-refractivity contribution in [3.8, 4) is 0 Å². The molecule has 3 atom stereocenters. The first-order valence-electron chi connectivity index (χ1n) is 14.8. The summed E-state index contributed by atoms with van der Waals surface area (Å²) in [6.45, 7) is 16.6. The van der Waals surface area contributed by atoms with Crippen LogP contribution in [0, 0.1) is 18.3 Å². The van der Waals surface area contributed by atoms with E-state index in [9.17, 15) is 19.2 Å². The Morgan fingerprint density at radius 3 is 1.93 bits per heavy atom.